The molecule has 1 aliphatic rings. The number of imidazole rings is 1. The molecule has 0 spiro atoms. The van der Waals surface area contributed by atoms with Gasteiger partial charge < -0.3 is 4.40 Å². The molecule has 5 rings (SSSR count). The molecule has 3 heterocycles. The Labute approximate surface area is 222 Å². The van der Waals surface area contributed by atoms with Crippen molar-refractivity contribution in [3.63, 3.8) is 0 Å². The maximum Gasteiger partial charge on any atom is 0.416 e. The van der Waals surface area contributed by atoms with Gasteiger partial charge in [-0.05, 0) is 35.4 Å². The highest BCUT2D eigenvalue weighted by atomic mass is 32.2. The van der Waals surface area contributed by atoms with Gasteiger partial charge in [0.05, 0.1) is 28.1 Å². The highest BCUT2D eigenvalue weighted by molar-refractivity contribution is 7.88. The monoisotopic (exact) mass is 559 g/mol. The summed E-state index contributed by atoms with van der Waals surface area (Å²) in [6.45, 7) is 1.90. The molecule has 0 aliphatic carbocycles. The molecule has 1 aliphatic heterocycles. The standard InChI is InChI=1S/C26H24F3N5O4S/c1-39(37,38)32-12-10-31(11-13-32)17-23-25(19-5-3-7-22(15-19)34(35)36)30-24-9-8-20(16-33(23)24)18-4-2-6-21(14-18)26(27,28)29/h2-9,14-16H,10-13,17H2,1H3. The van der Waals surface area contributed by atoms with E-state index in [1.54, 1.807) is 40.9 Å². The predicted octanol–water partition coefficient (Wildman–Crippen LogP) is 4.67. The highest BCUT2D eigenvalue weighted by Crippen LogP contribution is 2.34. The number of nitro benzene ring substituents is 1. The highest BCUT2D eigenvalue weighted by Gasteiger charge is 2.30. The molecular formula is C26H24F3N5O4S. The van der Waals surface area contributed by atoms with Crippen molar-refractivity contribution in [1.82, 2.24) is 18.6 Å². The van der Waals surface area contributed by atoms with Gasteiger partial charge in [0.2, 0.25) is 10.0 Å². The van der Waals surface area contributed by atoms with E-state index >= 15 is 0 Å². The minimum Gasteiger partial charge on any atom is -0.301 e. The Morgan fingerprint density at radius 1 is 0.949 bits per heavy atom. The number of sulfonamides is 1. The number of nitro groups is 1. The van der Waals surface area contributed by atoms with Crippen LogP contribution < -0.4 is 0 Å². The topological polar surface area (TPSA) is 101 Å². The van der Waals surface area contributed by atoms with Crippen LogP contribution in [0.1, 0.15) is 11.3 Å². The van der Waals surface area contributed by atoms with Gasteiger partial charge in [-0.1, -0.05) is 24.3 Å². The fraction of sp³-hybridized carbons (Fsp3) is 0.269. The molecule has 9 nitrogen and oxygen atoms in total. The van der Waals surface area contributed by atoms with Crippen molar-refractivity contribution in [3.05, 3.63) is 88.2 Å². The molecule has 13 heteroatoms. The van der Waals surface area contributed by atoms with Gasteiger partial charge >= 0.3 is 6.18 Å². The maximum absolute atomic E-state index is 13.3. The van der Waals surface area contributed by atoms with Crippen molar-refractivity contribution in [2.24, 2.45) is 0 Å². The molecule has 2 aromatic heterocycles. The van der Waals surface area contributed by atoms with E-state index in [9.17, 15) is 31.7 Å². The van der Waals surface area contributed by atoms with Gasteiger partial charge in [-0.25, -0.2) is 13.4 Å². The number of piperazine rings is 1. The molecule has 0 atom stereocenters. The number of halogens is 3. The van der Waals surface area contributed by atoms with Crippen LogP contribution in [-0.2, 0) is 22.7 Å². The summed E-state index contributed by atoms with van der Waals surface area (Å²) in [4.78, 5) is 17.7. The summed E-state index contributed by atoms with van der Waals surface area (Å²) in [6.07, 6.45) is -1.60. The second-order valence-electron chi connectivity index (χ2n) is 9.38. The Kier molecular flexibility index (Phi) is 6.91. The van der Waals surface area contributed by atoms with E-state index in [1.807, 2.05) is 0 Å². The minimum atomic E-state index is -4.48. The number of hydrogen-bond donors (Lipinski definition) is 0. The summed E-state index contributed by atoms with van der Waals surface area (Å²) in [7, 11) is -3.32. The van der Waals surface area contributed by atoms with Crippen molar-refractivity contribution in [1.29, 1.82) is 0 Å². The lowest BCUT2D eigenvalue weighted by molar-refractivity contribution is -0.384. The third-order valence-electron chi connectivity index (χ3n) is 6.74. The Balaban J connectivity index is 1.59. The number of non-ortho nitro benzene ring substituents is 1. The molecule has 1 fully saturated rings. The number of rotatable bonds is 6. The molecule has 0 bridgehead atoms. The van der Waals surface area contributed by atoms with Gasteiger partial charge in [0.1, 0.15) is 5.65 Å². The van der Waals surface area contributed by atoms with Crippen LogP contribution in [0.15, 0.2) is 66.9 Å². The number of alkyl halides is 3. The van der Waals surface area contributed by atoms with E-state index in [0.29, 0.717) is 66.4 Å². The van der Waals surface area contributed by atoms with Crippen LogP contribution in [0.4, 0.5) is 18.9 Å². The summed E-state index contributed by atoms with van der Waals surface area (Å²) in [5.74, 6) is 0. The van der Waals surface area contributed by atoms with Crippen LogP contribution in [0.3, 0.4) is 0 Å². The van der Waals surface area contributed by atoms with Gasteiger partial charge in [0.15, 0.2) is 0 Å². The maximum atomic E-state index is 13.3. The Morgan fingerprint density at radius 2 is 1.64 bits per heavy atom. The van der Waals surface area contributed by atoms with Crippen LogP contribution in [-0.4, -0.2) is 64.4 Å². The summed E-state index contributed by atoms with van der Waals surface area (Å²) < 4.78 is 67.1. The second-order valence-corrected chi connectivity index (χ2v) is 11.4. The number of aromatic nitrogens is 2. The smallest absolute Gasteiger partial charge is 0.301 e. The Hall–Kier alpha value is -3.81. The molecule has 0 saturated carbocycles. The molecule has 1 saturated heterocycles. The lowest BCUT2D eigenvalue weighted by atomic mass is 10.0. The summed E-state index contributed by atoms with van der Waals surface area (Å²) in [6, 6.07) is 14.5. The summed E-state index contributed by atoms with van der Waals surface area (Å²) >= 11 is 0. The zero-order chi connectivity index (χ0) is 27.9. The average molecular weight is 560 g/mol. The second kappa shape index (κ2) is 10.1. The molecule has 0 N–H and O–H groups in total. The molecule has 0 unspecified atom stereocenters. The minimum absolute atomic E-state index is 0.0954. The first-order valence-electron chi connectivity index (χ1n) is 12.0. The SMILES string of the molecule is CS(=O)(=O)N1CCN(Cc2c(-c3cccc([N+](=O)[O-])c3)nc3ccc(-c4cccc(C(F)(F)F)c4)cn23)CC1. The number of fused-ring (bicyclic) bond motifs is 1. The van der Waals surface area contributed by atoms with Crippen LogP contribution in [0.2, 0.25) is 0 Å². The Morgan fingerprint density at radius 3 is 2.31 bits per heavy atom. The van der Waals surface area contributed by atoms with Crippen LogP contribution in [0.25, 0.3) is 28.0 Å². The first kappa shape index (κ1) is 26.8. The summed E-state index contributed by atoms with van der Waals surface area (Å²) in [5.41, 5.74) is 2.31. The molecule has 4 aromatic rings. The van der Waals surface area contributed by atoms with Gasteiger partial charge in [0, 0.05) is 56.6 Å². The van der Waals surface area contributed by atoms with E-state index < -0.39 is 26.7 Å². The van der Waals surface area contributed by atoms with Crippen molar-refractivity contribution < 1.29 is 26.5 Å². The molecule has 0 amide bonds. The zero-order valence-electron chi connectivity index (χ0n) is 20.8. The third-order valence-corrected chi connectivity index (χ3v) is 8.05. The number of nitrogens with zero attached hydrogens (tertiary/aromatic N) is 5. The van der Waals surface area contributed by atoms with Gasteiger partial charge in [0.25, 0.3) is 5.69 Å². The van der Waals surface area contributed by atoms with E-state index in [-0.39, 0.29) is 5.69 Å². The quantitative estimate of drug-likeness (QED) is 0.251. The zero-order valence-corrected chi connectivity index (χ0v) is 21.6. The predicted molar refractivity (Wildman–Crippen MR) is 139 cm³/mol. The molecule has 2 aromatic carbocycles. The average Bonchev–Trinajstić information content (AvgIpc) is 3.25. The lowest BCUT2D eigenvalue weighted by Gasteiger charge is -2.33. The number of hydrogen-bond acceptors (Lipinski definition) is 6. The molecular weight excluding hydrogens is 535 g/mol. The molecule has 204 valence electrons. The first-order valence-corrected chi connectivity index (χ1v) is 13.9. The number of pyridine rings is 1. The fourth-order valence-corrected chi connectivity index (χ4v) is 5.55. The van der Waals surface area contributed by atoms with Crippen molar-refractivity contribution in [2.75, 3.05) is 32.4 Å². The van der Waals surface area contributed by atoms with Crippen LogP contribution in [0, 0.1) is 10.1 Å². The van der Waals surface area contributed by atoms with Crippen LogP contribution in [0.5, 0.6) is 0 Å². The van der Waals surface area contributed by atoms with Crippen molar-refractivity contribution in [3.8, 4) is 22.4 Å². The fourth-order valence-electron chi connectivity index (χ4n) is 4.72. The van der Waals surface area contributed by atoms with Gasteiger partial charge in [-0.15, -0.1) is 0 Å². The number of benzene rings is 2. The van der Waals surface area contributed by atoms with E-state index in [1.165, 1.54) is 28.8 Å². The van der Waals surface area contributed by atoms with Crippen molar-refractivity contribution in [2.45, 2.75) is 12.7 Å². The molecule has 0 radical (unpaired) electrons. The van der Waals surface area contributed by atoms with Crippen LogP contribution >= 0.6 is 0 Å². The third kappa shape index (κ3) is 5.65. The first-order chi connectivity index (χ1) is 18.4. The van der Waals surface area contributed by atoms with E-state index in [2.05, 4.69) is 4.90 Å². The van der Waals surface area contributed by atoms with E-state index in [4.69, 9.17) is 4.98 Å². The van der Waals surface area contributed by atoms with E-state index in [0.717, 1.165) is 12.1 Å². The molecule has 39 heavy (non-hydrogen) atoms. The van der Waals surface area contributed by atoms with Gasteiger partial charge in [-0.2, -0.15) is 17.5 Å². The summed E-state index contributed by atoms with van der Waals surface area (Å²) in [5, 5.41) is 11.4. The lowest BCUT2D eigenvalue weighted by Crippen LogP contribution is -2.47. The van der Waals surface area contributed by atoms with Crippen molar-refractivity contribution >= 4 is 21.4 Å². The largest absolute Gasteiger partial charge is 0.416 e. The van der Waals surface area contributed by atoms with Gasteiger partial charge in [-0.3, -0.25) is 15.0 Å². The Bertz CT molecular complexity index is 1660. The normalized spacial score (nSPS) is 15.6.